The van der Waals surface area contributed by atoms with E-state index in [1.54, 1.807) is 6.21 Å². The van der Waals surface area contributed by atoms with Gasteiger partial charge in [0.15, 0.2) is 6.61 Å². The lowest BCUT2D eigenvalue weighted by Gasteiger charge is -2.04. The SMILES string of the molecule is Cc1ccc(OCC(=O)NN=Cc2ccc(Br)cc2)cc1. The maximum absolute atomic E-state index is 11.6. The molecule has 0 aromatic heterocycles. The second kappa shape index (κ2) is 7.59. The minimum atomic E-state index is -0.302. The summed E-state index contributed by atoms with van der Waals surface area (Å²) >= 11 is 3.35. The molecular formula is C16H15BrN2O2. The van der Waals surface area contributed by atoms with Crippen LogP contribution in [-0.4, -0.2) is 18.7 Å². The number of hydrazone groups is 1. The molecule has 21 heavy (non-hydrogen) atoms. The number of benzene rings is 2. The third-order valence-electron chi connectivity index (χ3n) is 2.66. The van der Waals surface area contributed by atoms with E-state index in [-0.39, 0.29) is 12.5 Å². The Morgan fingerprint density at radius 2 is 1.86 bits per heavy atom. The van der Waals surface area contributed by atoms with E-state index in [0.29, 0.717) is 5.75 Å². The fourth-order valence-electron chi connectivity index (χ4n) is 1.54. The van der Waals surface area contributed by atoms with E-state index in [4.69, 9.17) is 4.74 Å². The van der Waals surface area contributed by atoms with Gasteiger partial charge >= 0.3 is 0 Å². The van der Waals surface area contributed by atoms with Crippen molar-refractivity contribution in [2.45, 2.75) is 6.92 Å². The van der Waals surface area contributed by atoms with E-state index < -0.39 is 0 Å². The van der Waals surface area contributed by atoms with E-state index in [9.17, 15) is 4.79 Å². The average molecular weight is 347 g/mol. The second-order valence-electron chi connectivity index (χ2n) is 4.45. The fourth-order valence-corrected chi connectivity index (χ4v) is 1.81. The van der Waals surface area contributed by atoms with Gasteiger partial charge in [-0.25, -0.2) is 5.43 Å². The second-order valence-corrected chi connectivity index (χ2v) is 5.36. The summed E-state index contributed by atoms with van der Waals surface area (Å²) in [5, 5.41) is 3.88. The van der Waals surface area contributed by atoms with Crippen LogP contribution in [0.5, 0.6) is 5.75 Å². The van der Waals surface area contributed by atoms with Gasteiger partial charge in [-0.05, 0) is 36.8 Å². The van der Waals surface area contributed by atoms with Crippen molar-refractivity contribution >= 4 is 28.1 Å². The molecule has 5 heteroatoms. The summed E-state index contributed by atoms with van der Waals surface area (Å²) in [4.78, 5) is 11.6. The van der Waals surface area contributed by atoms with Crippen molar-refractivity contribution in [1.29, 1.82) is 0 Å². The van der Waals surface area contributed by atoms with Gasteiger partial charge < -0.3 is 4.74 Å². The highest BCUT2D eigenvalue weighted by Gasteiger charge is 2.00. The molecule has 2 rings (SSSR count). The topological polar surface area (TPSA) is 50.7 Å². The van der Waals surface area contributed by atoms with Crippen LogP contribution in [0, 0.1) is 6.92 Å². The van der Waals surface area contributed by atoms with Gasteiger partial charge in [-0.3, -0.25) is 4.79 Å². The van der Waals surface area contributed by atoms with Gasteiger partial charge in [-0.15, -0.1) is 0 Å². The molecule has 0 atom stereocenters. The highest BCUT2D eigenvalue weighted by Crippen LogP contribution is 2.11. The van der Waals surface area contributed by atoms with Crippen molar-refractivity contribution in [1.82, 2.24) is 5.43 Å². The predicted molar refractivity (Wildman–Crippen MR) is 86.6 cm³/mol. The molecule has 1 N–H and O–H groups in total. The Morgan fingerprint density at radius 1 is 1.19 bits per heavy atom. The molecule has 0 radical (unpaired) electrons. The molecule has 0 unspecified atom stereocenters. The Bertz CT molecular complexity index is 622. The minimum Gasteiger partial charge on any atom is -0.484 e. The molecule has 2 aromatic rings. The summed E-state index contributed by atoms with van der Waals surface area (Å²) in [6.45, 7) is 1.92. The van der Waals surface area contributed by atoms with Crippen LogP contribution in [0.2, 0.25) is 0 Å². The Labute approximate surface area is 132 Å². The first-order valence-electron chi connectivity index (χ1n) is 6.40. The van der Waals surface area contributed by atoms with Gasteiger partial charge in [0, 0.05) is 4.47 Å². The number of halogens is 1. The Hall–Kier alpha value is -2.14. The zero-order chi connectivity index (χ0) is 15.1. The molecule has 0 saturated carbocycles. The molecule has 0 heterocycles. The summed E-state index contributed by atoms with van der Waals surface area (Å²) in [5.41, 5.74) is 4.47. The monoisotopic (exact) mass is 346 g/mol. The highest BCUT2D eigenvalue weighted by atomic mass is 79.9. The lowest BCUT2D eigenvalue weighted by Crippen LogP contribution is -2.24. The summed E-state index contributed by atoms with van der Waals surface area (Å²) in [6, 6.07) is 15.1. The number of ether oxygens (including phenoxy) is 1. The first-order chi connectivity index (χ1) is 10.1. The predicted octanol–water partition coefficient (Wildman–Crippen LogP) is 3.29. The number of carbonyl (C=O) groups is 1. The molecular weight excluding hydrogens is 332 g/mol. The Morgan fingerprint density at radius 3 is 2.52 bits per heavy atom. The quantitative estimate of drug-likeness (QED) is 0.667. The molecule has 0 saturated heterocycles. The minimum absolute atomic E-state index is 0.0687. The summed E-state index contributed by atoms with van der Waals surface area (Å²) < 4.78 is 6.34. The van der Waals surface area contributed by atoms with Crippen molar-refractivity contribution in [2.75, 3.05) is 6.61 Å². The maximum atomic E-state index is 11.6. The van der Waals surface area contributed by atoms with Crippen LogP contribution in [0.1, 0.15) is 11.1 Å². The molecule has 0 aliphatic carbocycles. The van der Waals surface area contributed by atoms with Crippen LogP contribution in [0.25, 0.3) is 0 Å². The third kappa shape index (κ3) is 5.39. The van der Waals surface area contributed by atoms with Crippen molar-refractivity contribution in [3.63, 3.8) is 0 Å². The Balaban J connectivity index is 1.77. The standard InChI is InChI=1S/C16H15BrN2O2/c1-12-2-8-15(9-3-12)21-11-16(20)19-18-10-13-4-6-14(17)7-5-13/h2-10H,11H2,1H3,(H,19,20). The average Bonchev–Trinajstić information content (AvgIpc) is 2.49. The molecule has 0 bridgehead atoms. The highest BCUT2D eigenvalue weighted by molar-refractivity contribution is 9.10. The van der Waals surface area contributed by atoms with E-state index in [1.165, 1.54) is 0 Å². The summed E-state index contributed by atoms with van der Waals surface area (Å²) in [6.07, 6.45) is 1.58. The largest absolute Gasteiger partial charge is 0.484 e. The van der Waals surface area contributed by atoms with Gasteiger partial charge in [0.25, 0.3) is 5.91 Å². The summed E-state index contributed by atoms with van der Waals surface area (Å²) in [7, 11) is 0. The fraction of sp³-hybridized carbons (Fsp3) is 0.125. The van der Waals surface area contributed by atoms with Crippen molar-refractivity contribution in [3.05, 3.63) is 64.1 Å². The molecule has 108 valence electrons. The van der Waals surface area contributed by atoms with E-state index in [2.05, 4.69) is 26.5 Å². The molecule has 0 aliphatic rings. The van der Waals surface area contributed by atoms with Crippen LogP contribution in [0.15, 0.2) is 58.1 Å². The normalized spacial score (nSPS) is 10.6. The zero-order valence-corrected chi connectivity index (χ0v) is 13.1. The first kappa shape index (κ1) is 15.3. The van der Waals surface area contributed by atoms with E-state index in [0.717, 1.165) is 15.6 Å². The molecule has 0 spiro atoms. The van der Waals surface area contributed by atoms with Gasteiger partial charge in [0.1, 0.15) is 5.75 Å². The van der Waals surface area contributed by atoms with E-state index >= 15 is 0 Å². The van der Waals surface area contributed by atoms with Gasteiger partial charge in [0.2, 0.25) is 0 Å². The number of aryl methyl sites for hydroxylation is 1. The number of hydrogen-bond acceptors (Lipinski definition) is 3. The van der Waals surface area contributed by atoms with Crippen molar-refractivity contribution in [2.24, 2.45) is 5.10 Å². The molecule has 0 aliphatic heterocycles. The van der Waals surface area contributed by atoms with Crippen molar-refractivity contribution in [3.8, 4) is 5.75 Å². The van der Waals surface area contributed by atoms with Crippen LogP contribution in [0.3, 0.4) is 0 Å². The molecule has 2 aromatic carbocycles. The van der Waals surface area contributed by atoms with Crippen LogP contribution >= 0.6 is 15.9 Å². The van der Waals surface area contributed by atoms with Crippen LogP contribution < -0.4 is 10.2 Å². The number of amides is 1. The van der Waals surface area contributed by atoms with Gasteiger partial charge in [0.05, 0.1) is 6.21 Å². The number of hydrogen-bond donors (Lipinski definition) is 1. The molecule has 1 amide bonds. The number of carbonyl (C=O) groups excluding carboxylic acids is 1. The van der Waals surface area contributed by atoms with Crippen LogP contribution in [0.4, 0.5) is 0 Å². The van der Waals surface area contributed by atoms with Crippen molar-refractivity contribution < 1.29 is 9.53 Å². The Kier molecular flexibility index (Phi) is 5.51. The number of nitrogens with zero attached hydrogens (tertiary/aromatic N) is 1. The lowest BCUT2D eigenvalue weighted by molar-refractivity contribution is -0.123. The first-order valence-corrected chi connectivity index (χ1v) is 7.20. The maximum Gasteiger partial charge on any atom is 0.277 e. The van der Waals surface area contributed by atoms with E-state index in [1.807, 2.05) is 55.5 Å². The van der Waals surface area contributed by atoms with Gasteiger partial charge in [-0.1, -0.05) is 45.8 Å². The molecule has 0 fully saturated rings. The zero-order valence-electron chi connectivity index (χ0n) is 11.5. The van der Waals surface area contributed by atoms with Crippen LogP contribution in [-0.2, 0) is 4.79 Å². The number of nitrogens with one attached hydrogen (secondary N) is 1. The van der Waals surface area contributed by atoms with Gasteiger partial charge in [-0.2, -0.15) is 5.10 Å². The summed E-state index contributed by atoms with van der Waals surface area (Å²) in [5.74, 6) is 0.358. The smallest absolute Gasteiger partial charge is 0.277 e. The third-order valence-corrected chi connectivity index (χ3v) is 3.19. The lowest BCUT2D eigenvalue weighted by atomic mass is 10.2. The number of rotatable bonds is 5. The molecule has 4 nitrogen and oxygen atoms in total.